The molecule has 0 saturated carbocycles. The van der Waals surface area contributed by atoms with Crippen molar-refractivity contribution in [2.24, 2.45) is 5.92 Å². The van der Waals surface area contributed by atoms with Gasteiger partial charge in [0.05, 0.1) is 0 Å². The molecule has 1 aromatic carbocycles. The average molecular weight is 503 g/mol. The van der Waals surface area contributed by atoms with Gasteiger partial charge in [-0.1, -0.05) is 128 Å². The number of hydrogen-bond acceptors (Lipinski definition) is 3. The Morgan fingerprint density at radius 1 is 0.750 bits per heavy atom. The molecule has 0 bridgehead atoms. The van der Waals surface area contributed by atoms with Crippen molar-refractivity contribution in [2.45, 2.75) is 129 Å². The Hall–Kier alpha value is -2.37. The van der Waals surface area contributed by atoms with Crippen LogP contribution in [-0.4, -0.2) is 35.0 Å². The van der Waals surface area contributed by atoms with Crippen LogP contribution in [0.1, 0.15) is 116 Å². The number of nitrogens with one attached hydrogen (secondary N) is 2. The molecule has 0 aliphatic carbocycles. The maximum atomic E-state index is 12.9. The minimum atomic E-state index is -1.07. The van der Waals surface area contributed by atoms with E-state index in [9.17, 15) is 19.5 Å². The van der Waals surface area contributed by atoms with Gasteiger partial charge >= 0.3 is 5.97 Å². The van der Waals surface area contributed by atoms with E-state index in [-0.39, 0.29) is 11.8 Å². The molecule has 3 N–H and O–H groups in total. The van der Waals surface area contributed by atoms with Crippen LogP contribution in [0.5, 0.6) is 0 Å². The Labute approximate surface area is 219 Å². The molecule has 2 atom stereocenters. The Morgan fingerprint density at radius 3 is 1.72 bits per heavy atom. The number of hydrogen-bond donors (Lipinski definition) is 3. The highest BCUT2D eigenvalue weighted by atomic mass is 16.4. The number of aliphatic carboxylic acids is 1. The van der Waals surface area contributed by atoms with E-state index in [0.29, 0.717) is 12.8 Å². The Morgan fingerprint density at radius 2 is 1.25 bits per heavy atom. The molecule has 1 aromatic rings. The second-order valence-corrected chi connectivity index (χ2v) is 10.4. The second-order valence-electron chi connectivity index (χ2n) is 10.4. The third kappa shape index (κ3) is 14.9. The fourth-order valence-corrected chi connectivity index (χ4v) is 4.40. The smallest absolute Gasteiger partial charge is 0.326 e. The van der Waals surface area contributed by atoms with Crippen molar-refractivity contribution in [1.29, 1.82) is 0 Å². The molecule has 0 radical (unpaired) electrons. The first-order valence-corrected chi connectivity index (χ1v) is 14.2. The van der Waals surface area contributed by atoms with Gasteiger partial charge in [0, 0.05) is 12.8 Å². The van der Waals surface area contributed by atoms with Crippen LogP contribution in [0, 0.1) is 5.92 Å². The monoisotopic (exact) mass is 502 g/mol. The van der Waals surface area contributed by atoms with Gasteiger partial charge < -0.3 is 15.7 Å². The van der Waals surface area contributed by atoms with Gasteiger partial charge in [-0.25, -0.2) is 4.79 Å². The van der Waals surface area contributed by atoms with E-state index in [2.05, 4.69) is 17.6 Å². The van der Waals surface area contributed by atoms with Crippen LogP contribution >= 0.6 is 0 Å². The number of carbonyl (C=O) groups is 3. The number of amides is 2. The molecule has 2 unspecified atom stereocenters. The summed E-state index contributed by atoms with van der Waals surface area (Å²) in [5, 5.41) is 14.9. The van der Waals surface area contributed by atoms with E-state index in [4.69, 9.17) is 0 Å². The highest BCUT2D eigenvalue weighted by molar-refractivity contribution is 5.90. The van der Waals surface area contributed by atoms with Crippen molar-refractivity contribution >= 4 is 17.8 Å². The standard InChI is InChI=1S/C30H50N2O4/c1-4-5-6-7-8-9-10-11-12-13-14-15-19-22-27(33)31-26(23-25-20-17-16-18-21-25)29(34)32-28(24(2)3)30(35)36/h16-18,20-21,24,26,28H,4-15,19,22-23H2,1-3H3,(H,31,33)(H,32,34)(H,35,36). The largest absolute Gasteiger partial charge is 0.480 e. The summed E-state index contributed by atoms with van der Waals surface area (Å²) < 4.78 is 0. The topological polar surface area (TPSA) is 95.5 Å². The lowest BCUT2D eigenvalue weighted by molar-refractivity contribution is -0.143. The number of unbranched alkanes of at least 4 members (excludes halogenated alkanes) is 12. The predicted octanol–water partition coefficient (Wildman–Crippen LogP) is 6.42. The van der Waals surface area contributed by atoms with Crippen molar-refractivity contribution in [3.63, 3.8) is 0 Å². The molecule has 6 heteroatoms. The van der Waals surface area contributed by atoms with E-state index >= 15 is 0 Å². The summed E-state index contributed by atoms with van der Waals surface area (Å²) in [6.07, 6.45) is 16.9. The molecule has 0 aliphatic heterocycles. The van der Waals surface area contributed by atoms with Crippen LogP contribution in [-0.2, 0) is 20.8 Å². The summed E-state index contributed by atoms with van der Waals surface area (Å²) in [5.41, 5.74) is 0.912. The van der Waals surface area contributed by atoms with Gasteiger partial charge in [0.2, 0.25) is 11.8 Å². The average Bonchev–Trinajstić information content (AvgIpc) is 2.85. The van der Waals surface area contributed by atoms with Crippen LogP contribution in [0.25, 0.3) is 0 Å². The normalized spacial score (nSPS) is 12.8. The minimum Gasteiger partial charge on any atom is -0.480 e. The van der Waals surface area contributed by atoms with E-state index in [1.807, 2.05) is 30.3 Å². The highest BCUT2D eigenvalue weighted by Crippen LogP contribution is 2.13. The molecule has 6 nitrogen and oxygen atoms in total. The molecule has 0 aromatic heterocycles. The summed E-state index contributed by atoms with van der Waals surface area (Å²) >= 11 is 0. The fraction of sp³-hybridized carbons (Fsp3) is 0.700. The van der Waals surface area contributed by atoms with E-state index in [1.165, 1.54) is 64.2 Å². The van der Waals surface area contributed by atoms with Crippen molar-refractivity contribution in [2.75, 3.05) is 0 Å². The van der Waals surface area contributed by atoms with Gasteiger partial charge in [-0.3, -0.25) is 9.59 Å². The quantitative estimate of drug-likeness (QED) is 0.169. The zero-order valence-corrected chi connectivity index (χ0v) is 22.9. The number of carbonyl (C=O) groups excluding carboxylic acids is 2. The highest BCUT2D eigenvalue weighted by Gasteiger charge is 2.28. The molecule has 2 amide bonds. The van der Waals surface area contributed by atoms with E-state index in [0.717, 1.165) is 24.8 Å². The SMILES string of the molecule is CCCCCCCCCCCCCCCC(=O)NC(Cc1ccccc1)C(=O)NC(C(=O)O)C(C)C. The maximum Gasteiger partial charge on any atom is 0.326 e. The first-order chi connectivity index (χ1) is 17.3. The lowest BCUT2D eigenvalue weighted by Gasteiger charge is -2.23. The fourth-order valence-electron chi connectivity index (χ4n) is 4.40. The van der Waals surface area contributed by atoms with Crippen LogP contribution in [0.3, 0.4) is 0 Å². The molecule has 0 aliphatic rings. The van der Waals surface area contributed by atoms with Crippen LogP contribution in [0.4, 0.5) is 0 Å². The number of carboxylic acid groups (broad SMARTS) is 1. The molecule has 0 heterocycles. The first kappa shape index (κ1) is 31.7. The molecule has 204 valence electrons. The van der Waals surface area contributed by atoms with Gasteiger partial charge in [-0.15, -0.1) is 0 Å². The first-order valence-electron chi connectivity index (χ1n) is 14.2. The van der Waals surface area contributed by atoms with Gasteiger partial charge in [-0.2, -0.15) is 0 Å². The zero-order valence-electron chi connectivity index (χ0n) is 22.9. The van der Waals surface area contributed by atoms with Crippen molar-refractivity contribution < 1.29 is 19.5 Å². The molecule has 1 rings (SSSR count). The summed E-state index contributed by atoms with van der Waals surface area (Å²) in [6.45, 7) is 5.75. The van der Waals surface area contributed by atoms with Crippen molar-refractivity contribution in [3.8, 4) is 0 Å². The zero-order chi connectivity index (χ0) is 26.6. The van der Waals surface area contributed by atoms with Gasteiger partial charge in [-0.05, 0) is 17.9 Å². The summed E-state index contributed by atoms with van der Waals surface area (Å²) in [4.78, 5) is 37.0. The number of rotatable bonds is 21. The lowest BCUT2D eigenvalue weighted by Crippen LogP contribution is -2.53. The molecular weight excluding hydrogens is 452 g/mol. The Bertz CT molecular complexity index is 736. The Balaban J connectivity index is 2.35. The molecule has 36 heavy (non-hydrogen) atoms. The molecule has 0 saturated heterocycles. The third-order valence-electron chi connectivity index (χ3n) is 6.67. The second kappa shape index (κ2) is 19.8. The van der Waals surface area contributed by atoms with Gasteiger partial charge in [0.1, 0.15) is 12.1 Å². The predicted molar refractivity (Wildman–Crippen MR) is 147 cm³/mol. The van der Waals surface area contributed by atoms with E-state index < -0.39 is 24.0 Å². The Kier molecular flexibility index (Phi) is 17.4. The van der Waals surface area contributed by atoms with Crippen molar-refractivity contribution in [1.82, 2.24) is 10.6 Å². The van der Waals surface area contributed by atoms with Crippen molar-refractivity contribution in [3.05, 3.63) is 35.9 Å². The summed E-state index contributed by atoms with van der Waals surface area (Å²) in [7, 11) is 0. The lowest BCUT2D eigenvalue weighted by atomic mass is 10.0. The molecular formula is C30H50N2O4. The molecule has 0 spiro atoms. The van der Waals surface area contributed by atoms with E-state index in [1.54, 1.807) is 13.8 Å². The van der Waals surface area contributed by atoms with Crippen LogP contribution in [0.15, 0.2) is 30.3 Å². The third-order valence-corrected chi connectivity index (χ3v) is 6.67. The van der Waals surface area contributed by atoms with Crippen LogP contribution in [0.2, 0.25) is 0 Å². The van der Waals surface area contributed by atoms with Crippen LogP contribution < -0.4 is 10.6 Å². The summed E-state index contributed by atoms with van der Waals surface area (Å²) in [6, 6.07) is 7.66. The van der Waals surface area contributed by atoms with Gasteiger partial charge in [0.25, 0.3) is 0 Å². The number of carboxylic acids is 1. The number of benzene rings is 1. The summed E-state index contributed by atoms with van der Waals surface area (Å²) in [5.74, 6) is -1.95. The maximum absolute atomic E-state index is 12.9. The molecule has 0 fully saturated rings. The minimum absolute atomic E-state index is 0.162. The van der Waals surface area contributed by atoms with Gasteiger partial charge in [0.15, 0.2) is 0 Å².